The fourth-order valence-corrected chi connectivity index (χ4v) is 3.43. The van der Waals surface area contributed by atoms with Crippen LogP contribution in [0.2, 0.25) is 0 Å². The highest BCUT2D eigenvalue weighted by molar-refractivity contribution is 6.59. The summed E-state index contributed by atoms with van der Waals surface area (Å²) in [5, 5.41) is 19.1. The molecule has 0 spiro atoms. The van der Waals surface area contributed by atoms with E-state index in [4.69, 9.17) is 4.99 Å². The predicted octanol–water partition coefficient (Wildman–Crippen LogP) is -1.26. The maximum Gasteiger partial charge on any atom is 0.488 e. The number of allylic oxidation sites excluding steroid dienone is 1. The fourth-order valence-electron chi connectivity index (χ4n) is 3.43. The molecule has 2 heterocycles. The summed E-state index contributed by atoms with van der Waals surface area (Å²) in [6.07, 6.45) is 4.23. The van der Waals surface area contributed by atoms with Crippen molar-refractivity contribution >= 4 is 29.7 Å². The minimum absolute atomic E-state index is 0. The number of benzene rings is 2. The van der Waals surface area contributed by atoms with E-state index in [2.05, 4.69) is 29.8 Å². The van der Waals surface area contributed by atoms with Crippen LogP contribution in [0.4, 0.5) is 5.69 Å². The topological polar surface area (TPSA) is 55.8 Å². The molecule has 1 unspecified atom stereocenters. The van der Waals surface area contributed by atoms with Gasteiger partial charge >= 0.3 is 7.12 Å². The van der Waals surface area contributed by atoms with Gasteiger partial charge in [-0.15, -0.1) is 0 Å². The molecule has 25 heavy (non-hydrogen) atoms. The van der Waals surface area contributed by atoms with Gasteiger partial charge in [-0.1, -0.05) is 42.5 Å². The lowest BCUT2D eigenvalue weighted by molar-refractivity contribution is -0.473. The lowest BCUT2D eigenvalue weighted by atomic mass is 9.77. The van der Waals surface area contributed by atoms with Gasteiger partial charge in [-0.3, -0.25) is 0 Å². The van der Waals surface area contributed by atoms with Crippen LogP contribution in [0.1, 0.15) is 24.0 Å². The minimum Gasteiger partial charge on any atom is -1.00 e. The van der Waals surface area contributed by atoms with Gasteiger partial charge in [0.1, 0.15) is 5.71 Å². The first kappa shape index (κ1) is 18.0. The summed E-state index contributed by atoms with van der Waals surface area (Å²) < 4.78 is 2.11. The summed E-state index contributed by atoms with van der Waals surface area (Å²) in [5.41, 5.74) is 5.88. The molecule has 0 amide bonds. The van der Waals surface area contributed by atoms with Crippen LogP contribution in [0.5, 0.6) is 0 Å². The first-order valence-electron chi connectivity index (χ1n) is 8.05. The molecule has 0 aliphatic carbocycles. The summed E-state index contributed by atoms with van der Waals surface area (Å²) in [6.45, 7) is 2.65. The van der Waals surface area contributed by atoms with E-state index in [-0.39, 0.29) is 29.9 Å². The molecule has 0 saturated carbocycles. The van der Waals surface area contributed by atoms with Crippen LogP contribution in [0.3, 0.4) is 0 Å². The van der Waals surface area contributed by atoms with Gasteiger partial charge in [0, 0.05) is 12.5 Å². The number of para-hydroxylation sites is 1. The van der Waals surface area contributed by atoms with Crippen molar-refractivity contribution in [1.82, 2.24) is 0 Å². The number of rotatable bonds is 3. The van der Waals surface area contributed by atoms with E-state index in [1.165, 1.54) is 5.56 Å². The third kappa shape index (κ3) is 3.21. The third-order valence-electron chi connectivity index (χ3n) is 4.74. The normalized spacial score (nSPS) is 17.6. The highest BCUT2D eigenvalue weighted by Gasteiger charge is 2.34. The van der Waals surface area contributed by atoms with Gasteiger partial charge in [-0.2, -0.15) is 4.58 Å². The van der Waals surface area contributed by atoms with Crippen LogP contribution in [0.25, 0.3) is 0 Å². The molecule has 0 radical (unpaired) electrons. The van der Waals surface area contributed by atoms with Crippen molar-refractivity contribution in [2.45, 2.75) is 19.4 Å². The molecule has 0 aromatic heterocycles. The van der Waals surface area contributed by atoms with Crippen molar-refractivity contribution in [3.05, 3.63) is 71.9 Å². The zero-order valence-electron chi connectivity index (χ0n) is 13.8. The molecule has 0 bridgehead atoms. The molecular weight excluding hydrogens is 426 g/mol. The highest BCUT2D eigenvalue weighted by Crippen LogP contribution is 2.37. The van der Waals surface area contributed by atoms with Crippen molar-refractivity contribution in [2.75, 3.05) is 0 Å². The number of halogens is 1. The van der Waals surface area contributed by atoms with Crippen LogP contribution in [0, 0.1) is 0 Å². The Kier molecular flexibility index (Phi) is 5.22. The van der Waals surface area contributed by atoms with Crippen LogP contribution in [-0.2, 0) is 6.54 Å². The standard InChI is InChI=1S/C19H18BN2O2.HI/c1-13-19-16(15-7-3-5-9-18(15)21-19)10-11-22(13)12-14-6-2-4-8-17(14)20(23)24;/h2-11,16,23-24H,12H2,1H3;1H/q+1;/p-1. The van der Waals surface area contributed by atoms with E-state index in [1.807, 2.05) is 36.4 Å². The number of hydrogen-bond donors (Lipinski definition) is 2. The van der Waals surface area contributed by atoms with Gasteiger partial charge in [0.2, 0.25) is 5.71 Å². The second-order valence-corrected chi connectivity index (χ2v) is 6.16. The van der Waals surface area contributed by atoms with Gasteiger partial charge < -0.3 is 34.0 Å². The lowest BCUT2D eigenvalue weighted by Crippen LogP contribution is -3.00. The Hall–Kier alpha value is -1.77. The molecule has 6 heteroatoms. The Labute approximate surface area is 164 Å². The molecule has 2 aromatic carbocycles. The van der Waals surface area contributed by atoms with E-state index in [0.717, 1.165) is 22.7 Å². The molecule has 0 fully saturated rings. The van der Waals surface area contributed by atoms with Gasteiger partial charge in [-0.25, -0.2) is 4.99 Å². The van der Waals surface area contributed by atoms with Crippen molar-refractivity contribution < 1.29 is 38.6 Å². The summed E-state index contributed by atoms with van der Waals surface area (Å²) in [4.78, 5) is 4.79. The van der Waals surface area contributed by atoms with E-state index in [9.17, 15) is 10.0 Å². The Bertz CT molecular complexity index is 906. The van der Waals surface area contributed by atoms with E-state index < -0.39 is 7.12 Å². The monoisotopic (exact) mass is 444 g/mol. The summed E-state index contributed by atoms with van der Waals surface area (Å²) in [5.74, 6) is 0.219. The Morgan fingerprint density at radius 3 is 2.60 bits per heavy atom. The first-order valence-corrected chi connectivity index (χ1v) is 8.05. The Balaban J connectivity index is 0.00000182. The van der Waals surface area contributed by atoms with Gasteiger partial charge in [0.25, 0.3) is 0 Å². The van der Waals surface area contributed by atoms with E-state index >= 15 is 0 Å². The lowest BCUT2D eigenvalue weighted by Gasteiger charge is -2.15. The SMILES string of the molecule is CC1=[N+](Cc2ccccc2B(O)O)C=CC2C1=Nc1ccccc12.[I-]. The smallest absolute Gasteiger partial charge is 0.488 e. The molecule has 2 aromatic rings. The zero-order chi connectivity index (χ0) is 16.7. The molecule has 2 N–H and O–H groups in total. The van der Waals surface area contributed by atoms with Crippen molar-refractivity contribution in [1.29, 1.82) is 0 Å². The molecule has 2 aliphatic heterocycles. The zero-order valence-corrected chi connectivity index (χ0v) is 16.0. The second-order valence-electron chi connectivity index (χ2n) is 6.16. The predicted molar refractivity (Wildman–Crippen MR) is 96.3 cm³/mol. The molecule has 4 nitrogen and oxygen atoms in total. The second kappa shape index (κ2) is 7.23. The average Bonchev–Trinajstić information content (AvgIpc) is 2.97. The van der Waals surface area contributed by atoms with Gasteiger partial charge in [0.15, 0.2) is 12.7 Å². The van der Waals surface area contributed by atoms with Gasteiger partial charge in [-0.05, 0) is 23.2 Å². The summed E-state index contributed by atoms with van der Waals surface area (Å²) in [7, 11) is -1.46. The number of nitrogens with zero attached hydrogens (tertiary/aromatic N) is 2. The molecule has 4 rings (SSSR count). The largest absolute Gasteiger partial charge is 1.00 e. The maximum atomic E-state index is 9.56. The first-order chi connectivity index (χ1) is 11.6. The molecule has 1 atom stereocenters. The van der Waals surface area contributed by atoms with E-state index in [0.29, 0.717) is 12.0 Å². The molecule has 0 saturated heterocycles. The molecular formula is C19H18BIN2O2. The molecule has 126 valence electrons. The average molecular weight is 444 g/mol. The van der Waals surface area contributed by atoms with Crippen molar-refractivity contribution in [2.24, 2.45) is 4.99 Å². The number of aliphatic imine (C=N–C) groups is 1. The number of fused-ring (bicyclic) bond motifs is 3. The number of hydrogen-bond acceptors (Lipinski definition) is 3. The maximum absolute atomic E-state index is 9.56. The summed E-state index contributed by atoms with van der Waals surface area (Å²) in [6, 6.07) is 15.6. The quantitative estimate of drug-likeness (QED) is 0.353. The van der Waals surface area contributed by atoms with Crippen LogP contribution in [-0.4, -0.2) is 33.2 Å². The van der Waals surface area contributed by atoms with Crippen molar-refractivity contribution in [3.8, 4) is 0 Å². The fraction of sp³-hybridized carbons (Fsp3) is 0.158. The Morgan fingerprint density at radius 2 is 1.80 bits per heavy atom. The minimum atomic E-state index is -1.46. The van der Waals surface area contributed by atoms with E-state index in [1.54, 1.807) is 6.07 Å². The highest BCUT2D eigenvalue weighted by atomic mass is 127. The van der Waals surface area contributed by atoms with Gasteiger partial charge in [0.05, 0.1) is 11.6 Å². The Morgan fingerprint density at radius 1 is 1.08 bits per heavy atom. The van der Waals surface area contributed by atoms with Crippen LogP contribution < -0.4 is 29.4 Å². The van der Waals surface area contributed by atoms with Crippen molar-refractivity contribution in [3.63, 3.8) is 0 Å². The van der Waals surface area contributed by atoms with Crippen LogP contribution >= 0.6 is 0 Å². The van der Waals surface area contributed by atoms with Crippen LogP contribution in [0.15, 0.2) is 65.8 Å². The summed E-state index contributed by atoms with van der Waals surface area (Å²) >= 11 is 0. The molecule has 2 aliphatic rings. The third-order valence-corrected chi connectivity index (χ3v) is 4.74.